The van der Waals surface area contributed by atoms with Crippen molar-refractivity contribution in [3.05, 3.63) is 53.1 Å². The number of phenolic OH excluding ortho intramolecular Hbond substituents is 1. The summed E-state index contributed by atoms with van der Waals surface area (Å²) in [5.74, 6) is 0.305. The fourth-order valence-corrected chi connectivity index (χ4v) is 3.54. The Morgan fingerprint density at radius 3 is 2.58 bits per heavy atom. The second kappa shape index (κ2) is 7.98. The fourth-order valence-electron chi connectivity index (χ4n) is 3.37. The summed E-state index contributed by atoms with van der Waals surface area (Å²) >= 11 is 6.13. The van der Waals surface area contributed by atoms with Crippen LogP contribution < -0.4 is 15.1 Å². The van der Waals surface area contributed by atoms with Crippen LogP contribution in [0.2, 0.25) is 5.02 Å². The highest BCUT2D eigenvalue weighted by atomic mass is 35.5. The first-order chi connectivity index (χ1) is 12.5. The van der Waals surface area contributed by atoms with Gasteiger partial charge in [-0.3, -0.25) is 4.79 Å². The van der Waals surface area contributed by atoms with Crippen LogP contribution in [0.4, 0.5) is 11.4 Å². The first-order valence-electron chi connectivity index (χ1n) is 8.91. The topological polar surface area (TPSA) is 57.0 Å². The molecule has 3 rings (SSSR count). The number of carbonyl (C=O) groups is 1. The third-order valence-electron chi connectivity index (χ3n) is 5.16. The van der Waals surface area contributed by atoms with Gasteiger partial charge < -0.3 is 20.2 Å². The lowest BCUT2D eigenvalue weighted by Gasteiger charge is -2.36. The van der Waals surface area contributed by atoms with Crippen molar-refractivity contribution in [1.29, 1.82) is 0 Å². The number of piperazine rings is 1. The van der Waals surface area contributed by atoms with Crippen molar-refractivity contribution in [3.8, 4) is 5.75 Å². The zero-order valence-electron chi connectivity index (χ0n) is 15.1. The van der Waals surface area contributed by atoms with Crippen molar-refractivity contribution < 1.29 is 14.8 Å². The number of amides is 1. The largest absolute Gasteiger partial charge is 0.506 e. The second-order valence-electron chi connectivity index (χ2n) is 6.76. The molecule has 1 saturated heterocycles. The van der Waals surface area contributed by atoms with Crippen molar-refractivity contribution in [2.45, 2.75) is 19.9 Å². The summed E-state index contributed by atoms with van der Waals surface area (Å²) in [6.45, 7) is 7.16. The molecule has 0 spiro atoms. The van der Waals surface area contributed by atoms with Gasteiger partial charge >= 0.3 is 0 Å². The molecule has 0 aliphatic carbocycles. The smallest absolute Gasteiger partial charge is 0.282 e. The number of quaternary nitrogens is 1. The molecule has 0 saturated carbocycles. The molecule has 2 aromatic carbocycles. The molecule has 0 radical (unpaired) electrons. The summed E-state index contributed by atoms with van der Waals surface area (Å²) in [5, 5.41) is 13.7. The minimum atomic E-state index is -0.153. The summed E-state index contributed by atoms with van der Waals surface area (Å²) < 4.78 is 0. The van der Waals surface area contributed by atoms with Crippen LogP contribution in [0.25, 0.3) is 0 Å². The normalized spacial score (nSPS) is 16.3. The molecule has 3 N–H and O–H groups in total. The van der Waals surface area contributed by atoms with Crippen LogP contribution in [0.1, 0.15) is 12.5 Å². The summed E-state index contributed by atoms with van der Waals surface area (Å²) in [6, 6.07) is 12.8. The highest BCUT2D eigenvalue weighted by Crippen LogP contribution is 2.26. The quantitative estimate of drug-likeness (QED) is 0.768. The molecule has 6 heteroatoms. The molecule has 26 heavy (non-hydrogen) atoms. The number of phenols is 1. The summed E-state index contributed by atoms with van der Waals surface area (Å²) in [4.78, 5) is 16.1. The van der Waals surface area contributed by atoms with E-state index in [0.717, 1.165) is 43.1 Å². The Labute approximate surface area is 159 Å². The van der Waals surface area contributed by atoms with E-state index >= 15 is 0 Å². The van der Waals surface area contributed by atoms with Crippen LogP contribution in [0, 0.1) is 6.92 Å². The lowest BCUT2D eigenvalue weighted by molar-refractivity contribution is -0.914. The van der Waals surface area contributed by atoms with Gasteiger partial charge in [0, 0.05) is 10.7 Å². The summed E-state index contributed by atoms with van der Waals surface area (Å²) in [5.41, 5.74) is 2.51. The Morgan fingerprint density at radius 1 is 1.19 bits per heavy atom. The molecule has 1 aliphatic heterocycles. The average molecular weight is 375 g/mol. The maximum Gasteiger partial charge on any atom is 0.282 e. The molecular formula is C20H25ClN3O2+. The lowest BCUT2D eigenvalue weighted by Crippen LogP contribution is -3.19. The summed E-state index contributed by atoms with van der Waals surface area (Å²) in [6.07, 6.45) is 0. The number of anilines is 2. The van der Waals surface area contributed by atoms with Crippen molar-refractivity contribution in [3.63, 3.8) is 0 Å². The van der Waals surface area contributed by atoms with Crippen molar-refractivity contribution in [2.75, 3.05) is 36.4 Å². The third kappa shape index (κ3) is 3.94. The number of carbonyl (C=O) groups excluding carboxylic acids is 1. The molecular weight excluding hydrogens is 350 g/mol. The Bertz CT molecular complexity index is 788. The molecule has 1 atom stereocenters. The van der Waals surface area contributed by atoms with Crippen LogP contribution in [-0.2, 0) is 4.79 Å². The molecule has 5 nitrogen and oxygen atoms in total. The minimum Gasteiger partial charge on any atom is -0.506 e. The average Bonchev–Trinajstić information content (AvgIpc) is 2.65. The van der Waals surface area contributed by atoms with Gasteiger partial charge in [0.2, 0.25) is 0 Å². The van der Waals surface area contributed by atoms with E-state index in [2.05, 4.69) is 10.2 Å². The van der Waals surface area contributed by atoms with Gasteiger partial charge in [-0.05, 0) is 43.7 Å². The van der Waals surface area contributed by atoms with E-state index in [1.54, 1.807) is 6.07 Å². The first-order valence-corrected chi connectivity index (χ1v) is 9.28. The summed E-state index contributed by atoms with van der Waals surface area (Å²) in [7, 11) is 0. The maximum atomic E-state index is 12.7. The number of hydrogen-bond acceptors (Lipinski definition) is 3. The number of hydrogen-bond donors (Lipinski definition) is 3. The van der Waals surface area contributed by atoms with Gasteiger partial charge in [-0.2, -0.15) is 0 Å². The molecule has 0 bridgehead atoms. The maximum absolute atomic E-state index is 12.7. The number of nitrogens with zero attached hydrogens (tertiary/aromatic N) is 1. The van der Waals surface area contributed by atoms with E-state index in [4.69, 9.17) is 11.6 Å². The van der Waals surface area contributed by atoms with Crippen molar-refractivity contribution >= 4 is 28.9 Å². The Hall–Kier alpha value is -2.24. The van der Waals surface area contributed by atoms with E-state index in [9.17, 15) is 9.90 Å². The molecule has 0 unspecified atom stereocenters. The second-order valence-corrected chi connectivity index (χ2v) is 7.16. The number of aromatic hydroxyl groups is 1. The highest BCUT2D eigenvalue weighted by molar-refractivity contribution is 6.31. The Kier molecular flexibility index (Phi) is 5.69. The predicted octanol–water partition coefficient (Wildman–Crippen LogP) is 2.09. The van der Waals surface area contributed by atoms with Crippen LogP contribution in [0.15, 0.2) is 42.5 Å². The fraction of sp³-hybridized carbons (Fsp3) is 0.350. The van der Waals surface area contributed by atoms with Gasteiger partial charge in [-0.25, -0.2) is 0 Å². The number of halogens is 1. The van der Waals surface area contributed by atoms with Gasteiger partial charge in [-0.15, -0.1) is 0 Å². The van der Waals surface area contributed by atoms with Gasteiger partial charge in [0.1, 0.15) is 5.75 Å². The van der Waals surface area contributed by atoms with Crippen LogP contribution in [0.3, 0.4) is 0 Å². The lowest BCUT2D eigenvalue weighted by atomic mass is 10.1. The van der Waals surface area contributed by atoms with E-state index in [1.165, 1.54) is 4.90 Å². The molecule has 2 aromatic rings. The number of nitrogens with one attached hydrogen (secondary N) is 2. The molecule has 1 fully saturated rings. The first kappa shape index (κ1) is 18.5. The van der Waals surface area contributed by atoms with Gasteiger partial charge in [0.15, 0.2) is 6.04 Å². The van der Waals surface area contributed by atoms with Crippen LogP contribution >= 0.6 is 11.6 Å². The molecule has 138 valence electrons. The van der Waals surface area contributed by atoms with Gasteiger partial charge in [0.25, 0.3) is 5.91 Å². The Morgan fingerprint density at radius 2 is 1.88 bits per heavy atom. The SMILES string of the molecule is Cc1c(Cl)cccc1NC(=O)[C@H](C)[NH+]1CCN(c2ccccc2O)CC1. The Balaban J connectivity index is 1.59. The van der Waals surface area contributed by atoms with Crippen molar-refractivity contribution in [1.82, 2.24) is 0 Å². The number of rotatable bonds is 4. The molecule has 1 amide bonds. The highest BCUT2D eigenvalue weighted by Gasteiger charge is 2.30. The van der Waals surface area contributed by atoms with E-state index in [-0.39, 0.29) is 11.9 Å². The zero-order chi connectivity index (χ0) is 18.7. The van der Waals surface area contributed by atoms with Gasteiger partial charge in [0.05, 0.1) is 31.9 Å². The standard InChI is InChI=1S/C20H24ClN3O2/c1-14-16(21)6-5-7-17(14)22-20(26)15(2)23-10-12-24(13-11-23)18-8-3-4-9-19(18)25/h3-9,15,25H,10-13H2,1-2H3,(H,22,26)/p+1/t15-/m0/s1. The number of para-hydroxylation sites is 2. The van der Waals surface area contributed by atoms with Crippen molar-refractivity contribution in [2.24, 2.45) is 0 Å². The van der Waals surface area contributed by atoms with E-state index in [0.29, 0.717) is 10.8 Å². The molecule has 0 aromatic heterocycles. The van der Waals surface area contributed by atoms with Gasteiger partial charge in [-0.1, -0.05) is 29.8 Å². The third-order valence-corrected chi connectivity index (χ3v) is 5.57. The van der Waals surface area contributed by atoms with E-state index in [1.807, 2.05) is 50.2 Å². The van der Waals surface area contributed by atoms with Crippen LogP contribution in [0.5, 0.6) is 5.75 Å². The van der Waals surface area contributed by atoms with E-state index < -0.39 is 0 Å². The predicted molar refractivity (Wildman–Crippen MR) is 105 cm³/mol. The number of benzene rings is 2. The molecule has 1 heterocycles. The zero-order valence-corrected chi connectivity index (χ0v) is 15.9. The monoisotopic (exact) mass is 374 g/mol. The molecule has 1 aliphatic rings. The van der Waals surface area contributed by atoms with Crippen LogP contribution in [-0.4, -0.2) is 43.2 Å². The minimum absolute atomic E-state index is 0.00127.